The van der Waals surface area contributed by atoms with Gasteiger partial charge in [-0.25, -0.2) is 0 Å². The summed E-state index contributed by atoms with van der Waals surface area (Å²) in [5.74, 6) is 2.07. The minimum absolute atomic E-state index is 0.677. The Morgan fingerprint density at radius 3 is 2.77 bits per heavy atom. The van der Waals surface area contributed by atoms with Gasteiger partial charge in [0.15, 0.2) is 0 Å². The van der Waals surface area contributed by atoms with E-state index in [4.69, 9.17) is 9.47 Å². The highest BCUT2D eigenvalue weighted by Gasteiger charge is 2.29. The number of para-hydroxylation sites is 2. The zero-order valence-electron chi connectivity index (χ0n) is 18.1. The van der Waals surface area contributed by atoms with Gasteiger partial charge in [0.2, 0.25) is 0 Å². The summed E-state index contributed by atoms with van der Waals surface area (Å²) in [6, 6.07) is 15.8. The number of piperazine rings is 1. The fourth-order valence-corrected chi connectivity index (χ4v) is 5.29. The van der Waals surface area contributed by atoms with Gasteiger partial charge in [0, 0.05) is 51.7 Å². The van der Waals surface area contributed by atoms with Crippen LogP contribution in [0.2, 0.25) is 0 Å². The van der Waals surface area contributed by atoms with Gasteiger partial charge in [0.25, 0.3) is 0 Å². The van der Waals surface area contributed by atoms with Crippen LogP contribution in [-0.4, -0.2) is 68.8 Å². The number of hydrogen-bond donors (Lipinski definition) is 0. The smallest absolute Gasteiger partial charge is 0.142 e. The fraction of sp³-hybridized carbons (Fsp3) is 0.520. The Balaban J connectivity index is 1.17. The average molecular weight is 408 g/mol. The van der Waals surface area contributed by atoms with Crippen LogP contribution < -0.4 is 14.4 Å². The molecule has 5 heteroatoms. The van der Waals surface area contributed by atoms with Gasteiger partial charge >= 0.3 is 0 Å². The summed E-state index contributed by atoms with van der Waals surface area (Å²) in [4.78, 5) is 7.84. The highest BCUT2D eigenvalue weighted by Crippen LogP contribution is 2.30. The zero-order chi connectivity index (χ0) is 20.3. The summed E-state index contributed by atoms with van der Waals surface area (Å²) >= 11 is 0. The molecule has 30 heavy (non-hydrogen) atoms. The molecule has 0 saturated carbocycles. The van der Waals surface area contributed by atoms with Crippen LogP contribution >= 0.6 is 0 Å². The van der Waals surface area contributed by atoms with E-state index in [1.807, 2.05) is 6.07 Å². The first-order chi connectivity index (χ1) is 14.8. The molecule has 2 aromatic rings. The van der Waals surface area contributed by atoms with Gasteiger partial charge in [0.05, 0.1) is 19.4 Å². The van der Waals surface area contributed by atoms with E-state index < -0.39 is 0 Å². The number of benzene rings is 2. The first-order valence-electron chi connectivity index (χ1n) is 11.4. The molecule has 0 aliphatic carbocycles. The van der Waals surface area contributed by atoms with Gasteiger partial charge in [-0.2, -0.15) is 0 Å². The lowest BCUT2D eigenvalue weighted by atomic mass is 10.0. The number of anilines is 1. The van der Waals surface area contributed by atoms with E-state index in [2.05, 4.69) is 51.1 Å². The second-order valence-electron chi connectivity index (χ2n) is 8.77. The third-order valence-electron chi connectivity index (χ3n) is 6.90. The van der Waals surface area contributed by atoms with Gasteiger partial charge in [-0.15, -0.1) is 0 Å². The number of ether oxygens (including phenoxy) is 2. The van der Waals surface area contributed by atoms with Gasteiger partial charge in [-0.3, -0.25) is 9.80 Å². The van der Waals surface area contributed by atoms with E-state index in [0.717, 1.165) is 57.3 Å². The quantitative estimate of drug-likeness (QED) is 0.757. The molecule has 5 nitrogen and oxygen atoms in total. The zero-order valence-corrected chi connectivity index (χ0v) is 18.1. The molecule has 3 heterocycles. The molecule has 3 aliphatic heterocycles. The molecule has 0 unspecified atom stereocenters. The predicted molar refractivity (Wildman–Crippen MR) is 121 cm³/mol. The molecule has 0 bridgehead atoms. The molecule has 2 saturated heterocycles. The number of fused-ring (bicyclic) bond motifs is 1. The van der Waals surface area contributed by atoms with Crippen molar-refractivity contribution in [2.45, 2.75) is 31.8 Å². The maximum atomic E-state index is 5.66. The number of nitrogens with zero attached hydrogens (tertiary/aromatic N) is 3. The van der Waals surface area contributed by atoms with Crippen molar-refractivity contribution in [2.24, 2.45) is 0 Å². The molecule has 0 aromatic heterocycles. The van der Waals surface area contributed by atoms with Crippen LogP contribution in [0, 0.1) is 0 Å². The normalized spacial score (nSPS) is 22.6. The summed E-state index contributed by atoms with van der Waals surface area (Å²) in [6.45, 7) is 8.70. The van der Waals surface area contributed by atoms with E-state index in [1.54, 1.807) is 7.11 Å². The Labute approximate surface area is 180 Å². The molecular weight excluding hydrogens is 374 g/mol. The summed E-state index contributed by atoms with van der Waals surface area (Å²) in [5, 5.41) is 0. The maximum absolute atomic E-state index is 5.66. The van der Waals surface area contributed by atoms with Gasteiger partial charge in [-0.05, 0) is 48.7 Å². The first kappa shape index (κ1) is 19.7. The summed E-state index contributed by atoms with van der Waals surface area (Å²) in [5.41, 5.74) is 4.04. The lowest BCUT2D eigenvalue weighted by molar-refractivity contribution is 0.0887. The van der Waals surface area contributed by atoms with Crippen LogP contribution in [0.15, 0.2) is 42.5 Å². The van der Waals surface area contributed by atoms with Crippen molar-refractivity contribution < 1.29 is 9.47 Å². The fourth-order valence-electron chi connectivity index (χ4n) is 5.29. The summed E-state index contributed by atoms with van der Waals surface area (Å²) < 4.78 is 11.2. The third-order valence-corrected chi connectivity index (χ3v) is 6.90. The van der Waals surface area contributed by atoms with Crippen molar-refractivity contribution >= 4 is 5.69 Å². The maximum Gasteiger partial charge on any atom is 0.142 e. The molecule has 1 atom stereocenters. The lowest BCUT2D eigenvalue weighted by Crippen LogP contribution is -2.55. The molecular formula is C25H33N3O2. The number of likely N-dealkylation sites (tertiary alicyclic amines) is 1. The average Bonchev–Trinajstić information content (AvgIpc) is 3.27. The largest absolute Gasteiger partial charge is 0.495 e. The Hall–Kier alpha value is -2.24. The van der Waals surface area contributed by atoms with Gasteiger partial charge < -0.3 is 14.4 Å². The van der Waals surface area contributed by atoms with Gasteiger partial charge in [0.1, 0.15) is 11.5 Å². The molecule has 0 radical (unpaired) electrons. The van der Waals surface area contributed by atoms with E-state index in [9.17, 15) is 0 Å². The standard InChI is InChI=1S/C25H33N3O2/c1-29-25-7-3-2-6-23(25)28-14-12-27(13-15-28)22-5-4-11-26(19-22)18-20-8-9-24-21(17-20)10-16-30-24/h2-3,6-9,17,22H,4-5,10-16,18-19H2,1H3/t22-/m1/s1. The van der Waals surface area contributed by atoms with E-state index in [0.29, 0.717) is 6.04 Å². The molecule has 0 amide bonds. The highest BCUT2D eigenvalue weighted by molar-refractivity contribution is 5.58. The number of hydrogen-bond acceptors (Lipinski definition) is 5. The van der Waals surface area contributed by atoms with Crippen molar-refractivity contribution in [1.29, 1.82) is 0 Å². The van der Waals surface area contributed by atoms with Crippen molar-refractivity contribution in [1.82, 2.24) is 9.80 Å². The monoisotopic (exact) mass is 407 g/mol. The Kier molecular flexibility index (Phi) is 5.82. The van der Waals surface area contributed by atoms with Crippen molar-refractivity contribution in [3.05, 3.63) is 53.6 Å². The summed E-state index contributed by atoms with van der Waals surface area (Å²) in [7, 11) is 1.76. The molecule has 0 N–H and O–H groups in total. The van der Waals surface area contributed by atoms with Crippen molar-refractivity contribution in [3.63, 3.8) is 0 Å². The number of rotatable bonds is 5. The molecule has 3 aliphatic rings. The predicted octanol–water partition coefficient (Wildman–Crippen LogP) is 3.42. The summed E-state index contributed by atoms with van der Waals surface area (Å²) in [6.07, 6.45) is 3.68. The molecule has 2 fully saturated rings. The molecule has 0 spiro atoms. The van der Waals surface area contributed by atoms with Crippen LogP contribution in [-0.2, 0) is 13.0 Å². The first-order valence-corrected chi connectivity index (χ1v) is 11.4. The third kappa shape index (κ3) is 4.14. The topological polar surface area (TPSA) is 28.2 Å². The van der Waals surface area contributed by atoms with E-state index in [-0.39, 0.29) is 0 Å². The van der Waals surface area contributed by atoms with Crippen LogP contribution in [0.3, 0.4) is 0 Å². The minimum atomic E-state index is 0.677. The lowest BCUT2D eigenvalue weighted by Gasteiger charge is -2.44. The van der Waals surface area contributed by atoms with Crippen LogP contribution in [0.5, 0.6) is 11.5 Å². The Morgan fingerprint density at radius 1 is 1.03 bits per heavy atom. The molecule has 160 valence electrons. The SMILES string of the molecule is COc1ccccc1N1CCN([C@@H]2CCCN(Cc3ccc4c(c3)CCO4)C2)CC1. The second-order valence-corrected chi connectivity index (χ2v) is 8.77. The van der Waals surface area contributed by atoms with Crippen LogP contribution in [0.25, 0.3) is 0 Å². The van der Waals surface area contributed by atoms with Gasteiger partial charge in [-0.1, -0.05) is 24.3 Å². The van der Waals surface area contributed by atoms with Crippen molar-refractivity contribution in [2.75, 3.05) is 57.9 Å². The van der Waals surface area contributed by atoms with E-state index >= 15 is 0 Å². The molecule has 2 aromatic carbocycles. The van der Waals surface area contributed by atoms with Crippen LogP contribution in [0.1, 0.15) is 24.0 Å². The van der Waals surface area contributed by atoms with E-state index in [1.165, 1.54) is 42.7 Å². The minimum Gasteiger partial charge on any atom is -0.495 e. The number of piperidine rings is 1. The number of methoxy groups -OCH3 is 1. The second kappa shape index (κ2) is 8.86. The Morgan fingerprint density at radius 2 is 1.90 bits per heavy atom. The molecule has 5 rings (SSSR count). The highest BCUT2D eigenvalue weighted by atomic mass is 16.5. The van der Waals surface area contributed by atoms with Crippen molar-refractivity contribution in [3.8, 4) is 11.5 Å². The van der Waals surface area contributed by atoms with Crippen LogP contribution in [0.4, 0.5) is 5.69 Å². The Bertz CT molecular complexity index is 863.